The third-order valence-electron chi connectivity index (χ3n) is 1.38. The zero-order valence-electron chi connectivity index (χ0n) is 7.71. The molecule has 0 aliphatic carbocycles. The van der Waals surface area contributed by atoms with Gasteiger partial charge >= 0.3 is 0 Å². The van der Waals surface area contributed by atoms with Gasteiger partial charge in [0.25, 0.3) is 0 Å². The van der Waals surface area contributed by atoms with E-state index in [0.717, 1.165) is 4.90 Å². The van der Waals surface area contributed by atoms with Gasteiger partial charge in [-0.3, -0.25) is 9.78 Å². The number of hydrogen-bond acceptors (Lipinski definition) is 5. The van der Waals surface area contributed by atoms with E-state index in [9.17, 15) is 4.79 Å². The number of carbonyl (C=O) groups is 1. The third kappa shape index (κ3) is 3.57. The molecule has 4 nitrogen and oxygen atoms in total. The lowest BCUT2D eigenvalue weighted by Crippen LogP contribution is -2.03. The molecule has 1 aromatic heterocycles. The summed E-state index contributed by atoms with van der Waals surface area (Å²) in [5.41, 5.74) is 0.384. The van der Waals surface area contributed by atoms with Gasteiger partial charge in [-0.15, -0.1) is 11.8 Å². The summed E-state index contributed by atoms with van der Waals surface area (Å²) in [4.78, 5) is 19.9. The van der Waals surface area contributed by atoms with Crippen LogP contribution in [0.15, 0.2) is 34.6 Å². The monoisotopic (exact) mass is 210 g/mol. The number of pyridine rings is 1. The fraction of sp³-hybridized carbons (Fsp3) is 0.222. The molecule has 0 spiro atoms. The van der Waals surface area contributed by atoms with Crippen molar-refractivity contribution in [3.05, 3.63) is 24.5 Å². The fourth-order valence-electron chi connectivity index (χ4n) is 0.791. The predicted octanol–water partition coefficient (Wildman–Crippen LogP) is 1.38. The lowest BCUT2D eigenvalue weighted by molar-refractivity contribution is -0.102. The Morgan fingerprint density at radius 1 is 1.64 bits per heavy atom. The van der Waals surface area contributed by atoms with E-state index < -0.39 is 0 Å². The van der Waals surface area contributed by atoms with Crippen molar-refractivity contribution >= 4 is 23.8 Å². The molecule has 0 saturated carbocycles. The van der Waals surface area contributed by atoms with E-state index in [1.807, 2.05) is 12.1 Å². The van der Waals surface area contributed by atoms with Crippen LogP contribution in [0, 0.1) is 0 Å². The Balaban J connectivity index is 2.48. The number of carbonyl (C=O) groups excluding carboxylic acids is 1. The van der Waals surface area contributed by atoms with Gasteiger partial charge in [0.1, 0.15) is 12.8 Å². The number of oxime groups is 1. The van der Waals surface area contributed by atoms with Gasteiger partial charge in [-0.05, 0) is 12.1 Å². The molecule has 1 rings (SSSR count). The Morgan fingerprint density at radius 3 is 2.93 bits per heavy atom. The second kappa shape index (κ2) is 6.15. The molecule has 0 unspecified atom stereocenters. The molecule has 5 heteroatoms. The molecule has 1 aromatic rings. The highest BCUT2D eigenvalue weighted by Crippen LogP contribution is 2.15. The molecule has 0 atom stereocenters. The van der Waals surface area contributed by atoms with Crippen molar-refractivity contribution in [1.29, 1.82) is 0 Å². The van der Waals surface area contributed by atoms with Gasteiger partial charge in [-0.2, -0.15) is 0 Å². The van der Waals surface area contributed by atoms with Gasteiger partial charge in [-0.1, -0.05) is 5.16 Å². The molecule has 0 aliphatic heterocycles. The maximum Gasteiger partial charge on any atom is 0.168 e. The summed E-state index contributed by atoms with van der Waals surface area (Å²) >= 11 is 1.51. The van der Waals surface area contributed by atoms with Gasteiger partial charge in [0.05, 0.1) is 0 Å². The molecule has 1 heterocycles. The second-order valence-corrected chi connectivity index (χ2v) is 3.40. The molecule has 0 aliphatic rings. The Bertz CT molecular complexity index is 314. The average Bonchev–Trinajstić information content (AvgIpc) is 2.25. The summed E-state index contributed by atoms with van der Waals surface area (Å²) < 4.78 is 0. The first-order valence-corrected chi connectivity index (χ1v) is 4.93. The van der Waals surface area contributed by atoms with Crippen LogP contribution in [-0.2, 0) is 9.63 Å². The minimum absolute atomic E-state index is 0.384. The summed E-state index contributed by atoms with van der Waals surface area (Å²) in [6.07, 6.45) is 4.10. The van der Waals surface area contributed by atoms with Crippen molar-refractivity contribution in [1.82, 2.24) is 4.98 Å². The Morgan fingerprint density at radius 2 is 2.36 bits per heavy atom. The van der Waals surface area contributed by atoms with Gasteiger partial charge in [0.15, 0.2) is 6.29 Å². The van der Waals surface area contributed by atoms with E-state index in [0.29, 0.717) is 17.8 Å². The fourth-order valence-corrected chi connectivity index (χ4v) is 1.54. The normalized spacial score (nSPS) is 11.1. The van der Waals surface area contributed by atoms with E-state index in [1.54, 1.807) is 12.4 Å². The summed E-state index contributed by atoms with van der Waals surface area (Å²) in [5, 5.41) is 3.57. The maximum absolute atomic E-state index is 10.5. The molecule has 0 radical (unpaired) electrons. The molecular formula is C9H10N2O2S. The van der Waals surface area contributed by atoms with Crippen molar-refractivity contribution in [2.45, 2.75) is 4.90 Å². The molecule has 74 valence electrons. The van der Waals surface area contributed by atoms with Crippen molar-refractivity contribution in [3.8, 4) is 0 Å². The molecule has 0 amide bonds. The first kappa shape index (κ1) is 10.7. The van der Waals surface area contributed by atoms with Crippen LogP contribution in [-0.4, -0.2) is 29.8 Å². The Kier molecular flexibility index (Phi) is 4.71. The number of aldehydes is 1. The maximum atomic E-state index is 10.5. The van der Waals surface area contributed by atoms with Gasteiger partial charge in [0.2, 0.25) is 0 Å². The molecule has 0 aromatic carbocycles. The second-order valence-electron chi connectivity index (χ2n) is 2.35. The molecular weight excluding hydrogens is 200 g/mol. The molecule has 14 heavy (non-hydrogen) atoms. The number of aromatic nitrogens is 1. The SMILES string of the molecule is CON=C(C=O)CSc1ccncc1. The van der Waals surface area contributed by atoms with Gasteiger partial charge in [-0.25, -0.2) is 0 Å². The Hall–Kier alpha value is -1.36. The summed E-state index contributed by atoms with van der Waals surface area (Å²) in [7, 11) is 1.42. The zero-order chi connectivity index (χ0) is 10.2. The van der Waals surface area contributed by atoms with Crippen molar-refractivity contribution in [3.63, 3.8) is 0 Å². The predicted molar refractivity (Wildman–Crippen MR) is 55.5 cm³/mol. The van der Waals surface area contributed by atoms with Crippen LogP contribution in [0.2, 0.25) is 0 Å². The van der Waals surface area contributed by atoms with E-state index in [2.05, 4.69) is 15.0 Å². The van der Waals surface area contributed by atoms with E-state index in [-0.39, 0.29) is 0 Å². The summed E-state index contributed by atoms with van der Waals surface area (Å²) in [5.74, 6) is 0.501. The highest BCUT2D eigenvalue weighted by Gasteiger charge is 1.99. The summed E-state index contributed by atoms with van der Waals surface area (Å²) in [6.45, 7) is 0. The number of thioether (sulfide) groups is 1. The van der Waals surface area contributed by atoms with Gasteiger partial charge in [0, 0.05) is 23.0 Å². The molecule has 0 N–H and O–H groups in total. The smallest absolute Gasteiger partial charge is 0.168 e. The lowest BCUT2D eigenvalue weighted by atomic mass is 10.5. The van der Waals surface area contributed by atoms with E-state index >= 15 is 0 Å². The van der Waals surface area contributed by atoms with E-state index in [1.165, 1.54) is 18.9 Å². The van der Waals surface area contributed by atoms with Crippen LogP contribution >= 0.6 is 11.8 Å². The first-order chi connectivity index (χ1) is 6.86. The molecule has 0 fully saturated rings. The first-order valence-electron chi connectivity index (χ1n) is 3.95. The average molecular weight is 210 g/mol. The van der Waals surface area contributed by atoms with Crippen LogP contribution in [0.4, 0.5) is 0 Å². The minimum atomic E-state index is 0.384. The third-order valence-corrected chi connectivity index (χ3v) is 2.43. The Labute approximate surface area is 86.4 Å². The minimum Gasteiger partial charge on any atom is -0.399 e. The van der Waals surface area contributed by atoms with Crippen molar-refractivity contribution in [2.24, 2.45) is 5.16 Å². The van der Waals surface area contributed by atoms with E-state index in [4.69, 9.17) is 0 Å². The van der Waals surface area contributed by atoms with Crippen LogP contribution in [0.25, 0.3) is 0 Å². The van der Waals surface area contributed by atoms with Crippen LogP contribution < -0.4 is 0 Å². The number of rotatable bonds is 5. The van der Waals surface area contributed by atoms with Crippen LogP contribution in [0.5, 0.6) is 0 Å². The number of hydrogen-bond donors (Lipinski definition) is 0. The standard InChI is InChI=1S/C9H10N2O2S/c1-13-11-8(6-12)7-14-9-2-4-10-5-3-9/h2-6H,7H2,1H3. The van der Waals surface area contributed by atoms with Gasteiger partial charge < -0.3 is 4.84 Å². The topological polar surface area (TPSA) is 51.5 Å². The highest BCUT2D eigenvalue weighted by molar-refractivity contribution is 8.00. The number of nitrogens with zero attached hydrogens (tertiary/aromatic N) is 2. The van der Waals surface area contributed by atoms with Crippen molar-refractivity contribution < 1.29 is 9.63 Å². The highest BCUT2D eigenvalue weighted by atomic mass is 32.2. The largest absolute Gasteiger partial charge is 0.399 e. The van der Waals surface area contributed by atoms with Crippen molar-refractivity contribution in [2.75, 3.05) is 12.9 Å². The zero-order valence-corrected chi connectivity index (χ0v) is 8.53. The molecule has 0 saturated heterocycles. The lowest BCUT2D eigenvalue weighted by Gasteiger charge is -1.98. The van der Waals surface area contributed by atoms with Crippen LogP contribution in [0.1, 0.15) is 0 Å². The van der Waals surface area contributed by atoms with Crippen LogP contribution in [0.3, 0.4) is 0 Å². The molecule has 0 bridgehead atoms. The summed E-state index contributed by atoms with van der Waals surface area (Å²) in [6, 6.07) is 3.75. The quantitative estimate of drug-likeness (QED) is 0.319.